The van der Waals surface area contributed by atoms with Gasteiger partial charge in [-0.15, -0.1) is 12.4 Å². The summed E-state index contributed by atoms with van der Waals surface area (Å²) in [5.41, 5.74) is 2.82. The number of nitrogens with zero attached hydrogens (tertiary/aromatic N) is 1. The minimum absolute atomic E-state index is 0. The molecule has 34 heavy (non-hydrogen) atoms. The van der Waals surface area contributed by atoms with Gasteiger partial charge >= 0.3 is 0 Å². The fourth-order valence-electron chi connectivity index (χ4n) is 4.39. The van der Waals surface area contributed by atoms with Gasteiger partial charge in [0.15, 0.2) is 11.6 Å². The van der Waals surface area contributed by atoms with Crippen LogP contribution in [0.5, 0.6) is 0 Å². The van der Waals surface area contributed by atoms with Crippen molar-refractivity contribution >= 4 is 24.2 Å². The molecule has 4 rings (SSSR count). The fraction of sp³-hybridized carbons (Fsp3) is 0.440. The molecular formula is C25H29ClF3N3O2. The number of piperidine rings is 1. The Morgan fingerprint density at radius 2 is 1.76 bits per heavy atom. The zero-order valence-electron chi connectivity index (χ0n) is 19.2. The van der Waals surface area contributed by atoms with Gasteiger partial charge in [-0.1, -0.05) is 18.2 Å². The maximum Gasteiger partial charge on any atom is 0.254 e. The SMILES string of the molecule is Cc1cccc(CN(C(=O)C2CNCCC2NC(=O)c2cc(F)c(F)cc2F)C2CC2)c1C.Cl. The molecule has 0 spiro atoms. The number of nitrogens with one attached hydrogen (secondary N) is 2. The Bertz CT molecular complexity index is 1080. The van der Waals surface area contributed by atoms with E-state index in [9.17, 15) is 22.8 Å². The van der Waals surface area contributed by atoms with Crippen molar-refractivity contribution in [2.75, 3.05) is 13.1 Å². The van der Waals surface area contributed by atoms with Crippen molar-refractivity contribution < 1.29 is 22.8 Å². The van der Waals surface area contributed by atoms with Crippen molar-refractivity contribution in [1.29, 1.82) is 0 Å². The highest BCUT2D eigenvalue weighted by molar-refractivity contribution is 5.95. The van der Waals surface area contributed by atoms with Crippen molar-refractivity contribution in [3.05, 3.63) is 70.0 Å². The van der Waals surface area contributed by atoms with Gasteiger partial charge in [0.1, 0.15) is 5.82 Å². The van der Waals surface area contributed by atoms with Gasteiger partial charge in [0.2, 0.25) is 5.91 Å². The molecule has 1 aliphatic heterocycles. The summed E-state index contributed by atoms with van der Waals surface area (Å²) < 4.78 is 40.9. The molecule has 2 amide bonds. The molecule has 1 aliphatic carbocycles. The Labute approximate surface area is 203 Å². The lowest BCUT2D eigenvalue weighted by Gasteiger charge is -2.36. The standard InChI is InChI=1S/C25H28F3N3O2.ClH/c1-14-4-3-5-16(15(14)2)13-31(17-6-7-17)25(33)19-12-29-9-8-23(19)30-24(32)18-10-21(27)22(28)11-20(18)26;/h3-5,10-11,17,19,23,29H,6-9,12-13H2,1-2H3,(H,30,32);1H. The largest absolute Gasteiger partial charge is 0.348 e. The second-order valence-electron chi connectivity index (χ2n) is 8.98. The van der Waals surface area contributed by atoms with Crippen LogP contribution < -0.4 is 10.6 Å². The molecule has 2 unspecified atom stereocenters. The average Bonchev–Trinajstić information content (AvgIpc) is 3.62. The van der Waals surface area contributed by atoms with Gasteiger partial charge in [0, 0.05) is 31.2 Å². The van der Waals surface area contributed by atoms with E-state index in [1.54, 1.807) is 0 Å². The summed E-state index contributed by atoms with van der Waals surface area (Å²) >= 11 is 0. The first-order chi connectivity index (χ1) is 15.8. The Kier molecular flexibility index (Phi) is 8.25. The maximum absolute atomic E-state index is 14.1. The molecule has 2 fully saturated rings. The molecule has 2 atom stereocenters. The normalized spacial score (nSPS) is 19.8. The Hall–Kier alpha value is -2.58. The van der Waals surface area contributed by atoms with Crippen LogP contribution in [0.15, 0.2) is 30.3 Å². The van der Waals surface area contributed by atoms with Crippen LogP contribution in [0.2, 0.25) is 0 Å². The van der Waals surface area contributed by atoms with Crippen molar-refractivity contribution in [2.24, 2.45) is 5.92 Å². The molecular weight excluding hydrogens is 467 g/mol. The topological polar surface area (TPSA) is 61.4 Å². The highest BCUT2D eigenvalue weighted by Crippen LogP contribution is 2.32. The molecule has 2 aliphatic rings. The second-order valence-corrected chi connectivity index (χ2v) is 8.98. The lowest BCUT2D eigenvalue weighted by Crippen LogP contribution is -2.55. The fourth-order valence-corrected chi connectivity index (χ4v) is 4.39. The van der Waals surface area contributed by atoms with E-state index in [0.29, 0.717) is 38.2 Å². The summed E-state index contributed by atoms with van der Waals surface area (Å²) in [5.74, 6) is -5.26. The van der Waals surface area contributed by atoms with Crippen molar-refractivity contribution in [3.8, 4) is 0 Å². The van der Waals surface area contributed by atoms with E-state index in [1.165, 1.54) is 0 Å². The Morgan fingerprint density at radius 1 is 1.06 bits per heavy atom. The number of carbonyl (C=O) groups excluding carboxylic acids is 2. The lowest BCUT2D eigenvalue weighted by atomic mass is 9.91. The van der Waals surface area contributed by atoms with Crippen molar-refractivity contribution in [1.82, 2.24) is 15.5 Å². The van der Waals surface area contributed by atoms with Crippen LogP contribution in [0.25, 0.3) is 0 Å². The predicted octanol–water partition coefficient (Wildman–Crippen LogP) is 4.04. The van der Waals surface area contributed by atoms with Crippen molar-refractivity contribution in [2.45, 2.75) is 51.7 Å². The van der Waals surface area contributed by atoms with E-state index in [1.807, 2.05) is 36.9 Å². The Balaban J connectivity index is 0.00000324. The predicted molar refractivity (Wildman–Crippen MR) is 125 cm³/mol. The number of amides is 2. The first-order valence-corrected chi connectivity index (χ1v) is 11.3. The van der Waals surface area contributed by atoms with Crippen LogP contribution >= 0.6 is 12.4 Å². The van der Waals surface area contributed by atoms with E-state index in [2.05, 4.69) is 10.6 Å². The first-order valence-electron chi connectivity index (χ1n) is 11.3. The van der Waals surface area contributed by atoms with Crippen LogP contribution in [-0.4, -0.2) is 41.9 Å². The zero-order valence-corrected chi connectivity index (χ0v) is 20.0. The molecule has 0 aromatic heterocycles. The van der Waals surface area contributed by atoms with E-state index in [0.717, 1.165) is 29.5 Å². The van der Waals surface area contributed by atoms with E-state index in [4.69, 9.17) is 0 Å². The number of aryl methyl sites for hydroxylation is 1. The molecule has 184 valence electrons. The van der Waals surface area contributed by atoms with Crippen LogP contribution in [0.1, 0.15) is 46.3 Å². The van der Waals surface area contributed by atoms with Crippen molar-refractivity contribution in [3.63, 3.8) is 0 Å². The molecule has 0 bridgehead atoms. The summed E-state index contributed by atoms with van der Waals surface area (Å²) in [5, 5.41) is 5.90. The first kappa shape index (κ1) is 26.0. The Morgan fingerprint density at radius 3 is 2.47 bits per heavy atom. The monoisotopic (exact) mass is 495 g/mol. The maximum atomic E-state index is 14.1. The number of rotatable bonds is 6. The van der Waals surface area contributed by atoms with Gasteiger partial charge in [-0.25, -0.2) is 13.2 Å². The second kappa shape index (κ2) is 10.8. The number of halogens is 4. The summed E-state index contributed by atoms with van der Waals surface area (Å²) in [6.45, 7) is 5.53. The van der Waals surface area contributed by atoms with Crippen LogP contribution in [0.4, 0.5) is 13.2 Å². The van der Waals surface area contributed by atoms with Crippen LogP contribution in [0, 0.1) is 37.2 Å². The van der Waals surface area contributed by atoms with Gasteiger partial charge in [0.25, 0.3) is 5.91 Å². The van der Waals surface area contributed by atoms with E-state index >= 15 is 0 Å². The molecule has 2 aromatic carbocycles. The van der Waals surface area contributed by atoms with Gasteiger partial charge < -0.3 is 15.5 Å². The molecule has 2 N–H and O–H groups in total. The molecule has 9 heteroatoms. The molecule has 0 radical (unpaired) electrons. The molecule has 1 saturated heterocycles. The van der Waals surface area contributed by atoms with Gasteiger partial charge in [-0.3, -0.25) is 9.59 Å². The minimum atomic E-state index is -1.36. The van der Waals surface area contributed by atoms with Crippen LogP contribution in [-0.2, 0) is 11.3 Å². The third-order valence-electron chi connectivity index (χ3n) is 6.70. The third kappa shape index (κ3) is 5.55. The van der Waals surface area contributed by atoms with Gasteiger partial charge in [-0.2, -0.15) is 0 Å². The highest BCUT2D eigenvalue weighted by atomic mass is 35.5. The molecule has 5 nitrogen and oxygen atoms in total. The molecule has 2 aromatic rings. The molecule has 1 saturated carbocycles. The number of benzene rings is 2. The smallest absolute Gasteiger partial charge is 0.254 e. The van der Waals surface area contributed by atoms with Crippen LogP contribution in [0.3, 0.4) is 0 Å². The minimum Gasteiger partial charge on any atom is -0.348 e. The quantitative estimate of drug-likeness (QED) is 0.595. The summed E-state index contributed by atoms with van der Waals surface area (Å²) in [6, 6.07) is 6.57. The zero-order chi connectivity index (χ0) is 23.7. The highest BCUT2D eigenvalue weighted by Gasteiger charge is 2.40. The number of hydrogen-bond acceptors (Lipinski definition) is 3. The average molecular weight is 496 g/mol. The molecule has 1 heterocycles. The van der Waals surface area contributed by atoms with Gasteiger partial charge in [0.05, 0.1) is 11.5 Å². The lowest BCUT2D eigenvalue weighted by molar-refractivity contribution is -0.138. The summed E-state index contributed by atoms with van der Waals surface area (Å²) in [7, 11) is 0. The van der Waals surface area contributed by atoms with E-state index < -0.39 is 40.9 Å². The number of hydrogen-bond donors (Lipinski definition) is 2. The number of carbonyl (C=O) groups is 2. The van der Waals surface area contributed by atoms with Gasteiger partial charge in [-0.05, 0) is 62.4 Å². The summed E-state index contributed by atoms with van der Waals surface area (Å²) in [6.07, 6.45) is 2.34. The third-order valence-corrected chi connectivity index (χ3v) is 6.70. The van der Waals surface area contributed by atoms with E-state index in [-0.39, 0.29) is 24.4 Å². The summed E-state index contributed by atoms with van der Waals surface area (Å²) in [4.78, 5) is 28.2.